The van der Waals surface area contributed by atoms with E-state index in [1.807, 2.05) is 36.4 Å². The van der Waals surface area contributed by atoms with Crippen molar-refractivity contribution in [3.8, 4) is 0 Å². The Balaban J connectivity index is 1.55. The quantitative estimate of drug-likeness (QED) is 0.639. The number of imide groups is 1. The largest absolute Gasteiger partial charge is 0.381 e. The summed E-state index contributed by atoms with van der Waals surface area (Å²) in [6.07, 6.45) is -0.949. The number of nitrogens with zero attached hydrogens (tertiary/aromatic N) is 2. The molecule has 3 aromatic carbocycles. The smallest absolute Gasteiger partial charge is 0.278 e. The van der Waals surface area contributed by atoms with Gasteiger partial charge in [0, 0.05) is 10.6 Å². The van der Waals surface area contributed by atoms with Gasteiger partial charge in [0.05, 0.1) is 5.69 Å². The molecule has 0 bridgehead atoms. The van der Waals surface area contributed by atoms with E-state index >= 15 is 0 Å². The molecule has 0 spiro atoms. The molecule has 5 nitrogen and oxygen atoms in total. The van der Waals surface area contributed by atoms with Gasteiger partial charge in [0.15, 0.2) is 0 Å². The van der Waals surface area contributed by atoms with Gasteiger partial charge in [-0.25, -0.2) is 4.90 Å². The van der Waals surface area contributed by atoms with E-state index in [1.165, 1.54) is 4.90 Å². The molecule has 0 N–H and O–H groups in total. The fourth-order valence-electron chi connectivity index (χ4n) is 3.64. The number of oxime groups is 1. The first-order valence-corrected chi connectivity index (χ1v) is 8.88. The summed E-state index contributed by atoms with van der Waals surface area (Å²) in [7, 11) is 0. The van der Waals surface area contributed by atoms with Gasteiger partial charge in [0.2, 0.25) is 12.0 Å². The molecule has 2 heterocycles. The molecule has 1 fully saturated rings. The van der Waals surface area contributed by atoms with Gasteiger partial charge in [-0.05, 0) is 29.0 Å². The number of amides is 2. The lowest BCUT2D eigenvalue weighted by atomic mass is 9.94. The summed E-state index contributed by atoms with van der Waals surface area (Å²) < 4.78 is 0. The second-order valence-corrected chi connectivity index (χ2v) is 6.91. The summed E-state index contributed by atoms with van der Waals surface area (Å²) in [6.45, 7) is 0. The van der Waals surface area contributed by atoms with Crippen LogP contribution in [0.4, 0.5) is 5.69 Å². The number of fused-ring (bicyclic) bond motifs is 2. The van der Waals surface area contributed by atoms with Gasteiger partial charge in [-0.2, -0.15) is 0 Å². The fourth-order valence-corrected chi connectivity index (χ4v) is 3.87. The van der Waals surface area contributed by atoms with Gasteiger partial charge in [-0.3, -0.25) is 9.59 Å². The summed E-state index contributed by atoms with van der Waals surface area (Å²) in [4.78, 5) is 32.5. The summed E-state index contributed by atoms with van der Waals surface area (Å²) in [5.74, 6) is -1.55. The summed E-state index contributed by atoms with van der Waals surface area (Å²) >= 11 is 6.25. The Kier molecular flexibility index (Phi) is 3.52. The average Bonchev–Trinajstić information content (AvgIpc) is 3.22. The Morgan fingerprint density at radius 1 is 0.889 bits per heavy atom. The molecule has 132 valence electrons. The van der Waals surface area contributed by atoms with E-state index in [2.05, 4.69) is 5.16 Å². The van der Waals surface area contributed by atoms with E-state index in [4.69, 9.17) is 16.4 Å². The van der Waals surface area contributed by atoms with Crippen LogP contribution in [0.15, 0.2) is 71.9 Å². The Hall–Kier alpha value is -3.18. The molecule has 2 unspecified atom stereocenters. The molecule has 0 radical (unpaired) electrons. The molecule has 27 heavy (non-hydrogen) atoms. The van der Waals surface area contributed by atoms with Crippen LogP contribution in [0.2, 0.25) is 5.02 Å². The lowest BCUT2D eigenvalue weighted by Crippen LogP contribution is -2.33. The summed E-state index contributed by atoms with van der Waals surface area (Å²) in [5.41, 5.74) is 1.53. The molecule has 0 aliphatic carbocycles. The van der Waals surface area contributed by atoms with Crippen molar-refractivity contribution in [2.24, 2.45) is 11.1 Å². The normalized spacial score (nSPS) is 21.4. The van der Waals surface area contributed by atoms with E-state index in [0.717, 1.165) is 10.8 Å². The predicted octanol–water partition coefficient (Wildman–Crippen LogP) is 3.79. The third-order valence-electron chi connectivity index (χ3n) is 4.95. The molecule has 1 saturated heterocycles. The van der Waals surface area contributed by atoms with E-state index < -0.39 is 17.9 Å². The van der Waals surface area contributed by atoms with Crippen LogP contribution in [0.1, 0.15) is 5.56 Å². The van der Waals surface area contributed by atoms with Crippen molar-refractivity contribution in [2.75, 3.05) is 4.90 Å². The highest BCUT2D eigenvalue weighted by Gasteiger charge is 2.56. The van der Waals surface area contributed by atoms with Crippen LogP contribution in [-0.2, 0) is 14.4 Å². The van der Waals surface area contributed by atoms with E-state index in [0.29, 0.717) is 22.0 Å². The third kappa shape index (κ3) is 2.35. The second-order valence-electron chi connectivity index (χ2n) is 6.50. The molecule has 2 atom stereocenters. The predicted molar refractivity (Wildman–Crippen MR) is 103 cm³/mol. The van der Waals surface area contributed by atoms with E-state index in [-0.39, 0.29) is 5.91 Å². The second kappa shape index (κ2) is 5.93. The molecular formula is C21H13ClN2O3. The zero-order chi connectivity index (χ0) is 18.5. The van der Waals surface area contributed by atoms with Crippen molar-refractivity contribution in [1.29, 1.82) is 0 Å². The molecular weight excluding hydrogens is 364 g/mol. The highest BCUT2D eigenvalue weighted by atomic mass is 35.5. The highest BCUT2D eigenvalue weighted by molar-refractivity contribution is 6.38. The van der Waals surface area contributed by atoms with Crippen LogP contribution in [-0.4, -0.2) is 23.6 Å². The molecule has 0 aromatic heterocycles. The van der Waals surface area contributed by atoms with Crippen LogP contribution < -0.4 is 4.90 Å². The molecule has 6 heteroatoms. The Labute approximate surface area is 159 Å². The summed E-state index contributed by atoms with van der Waals surface area (Å²) in [6, 6.07) is 20.4. The maximum absolute atomic E-state index is 13.1. The Morgan fingerprint density at radius 3 is 2.44 bits per heavy atom. The molecule has 5 rings (SSSR count). The number of rotatable bonds is 2. The minimum Gasteiger partial charge on any atom is -0.381 e. The number of hydrogen-bond acceptors (Lipinski definition) is 4. The maximum Gasteiger partial charge on any atom is 0.278 e. The first kappa shape index (κ1) is 16.0. The monoisotopic (exact) mass is 376 g/mol. The maximum atomic E-state index is 13.1. The van der Waals surface area contributed by atoms with Gasteiger partial charge in [0.25, 0.3) is 5.91 Å². The number of anilines is 1. The lowest BCUT2D eigenvalue weighted by molar-refractivity contribution is -0.126. The van der Waals surface area contributed by atoms with Crippen molar-refractivity contribution < 1.29 is 14.4 Å². The Morgan fingerprint density at radius 2 is 1.63 bits per heavy atom. The van der Waals surface area contributed by atoms with Crippen LogP contribution in [0, 0.1) is 5.92 Å². The average molecular weight is 377 g/mol. The molecule has 2 aliphatic heterocycles. The van der Waals surface area contributed by atoms with Gasteiger partial charge in [0.1, 0.15) is 11.6 Å². The van der Waals surface area contributed by atoms with Gasteiger partial charge in [-0.15, -0.1) is 0 Å². The minimum atomic E-state index is -0.949. The van der Waals surface area contributed by atoms with Crippen molar-refractivity contribution in [2.45, 2.75) is 6.10 Å². The zero-order valence-electron chi connectivity index (χ0n) is 14.0. The van der Waals surface area contributed by atoms with Gasteiger partial charge < -0.3 is 4.84 Å². The molecule has 2 aliphatic rings. The molecule has 0 saturated carbocycles. The van der Waals surface area contributed by atoms with E-state index in [9.17, 15) is 9.59 Å². The van der Waals surface area contributed by atoms with Crippen LogP contribution >= 0.6 is 11.6 Å². The Bertz CT molecular complexity index is 1140. The molecule has 3 aromatic rings. The number of halogens is 1. The molecule has 2 amide bonds. The first-order chi connectivity index (χ1) is 13.1. The van der Waals surface area contributed by atoms with E-state index in [1.54, 1.807) is 30.3 Å². The topological polar surface area (TPSA) is 59.0 Å². The van der Waals surface area contributed by atoms with Crippen molar-refractivity contribution in [1.82, 2.24) is 0 Å². The standard InChI is InChI=1S/C21H13ClN2O3/c22-16-8-4-3-7-15(16)18-17-19(27-23-18)21(26)24(20(17)25)14-10-9-12-5-1-2-6-13(12)11-14/h1-11,17,19H. The highest BCUT2D eigenvalue weighted by Crippen LogP contribution is 2.37. The number of hydrogen-bond donors (Lipinski definition) is 0. The van der Waals surface area contributed by atoms with Crippen molar-refractivity contribution in [3.63, 3.8) is 0 Å². The van der Waals surface area contributed by atoms with Crippen LogP contribution in [0.25, 0.3) is 10.8 Å². The number of benzene rings is 3. The fraction of sp³-hybridized carbons (Fsp3) is 0.0952. The minimum absolute atomic E-state index is 0.351. The van der Waals surface area contributed by atoms with Crippen molar-refractivity contribution in [3.05, 3.63) is 77.3 Å². The van der Waals surface area contributed by atoms with Crippen molar-refractivity contribution >= 4 is 45.6 Å². The SMILES string of the molecule is O=C1C2ON=C(c3ccccc3Cl)C2C(=O)N1c1ccc2ccccc2c1. The van der Waals surface area contributed by atoms with Crippen LogP contribution in [0.5, 0.6) is 0 Å². The zero-order valence-corrected chi connectivity index (χ0v) is 14.8. The number of carbonyl (C=O) groups excluding carboxylic acids is 2. The third-order valence-corrected chi connectivity index (χ3v) is 5.28. The van der Waals surface area contributed by atoms with Gasteiger partial charge in [-0.1, -0.05) is 65.3 Å². The first-order valence-electron chi connectivity index (χ1n) is 8.50. The summed E-state index contributed by atoms with van der Waals surface area (Å²) in [5, 5.41) is 6.45. The van der Waals surface area contributed by atoms with Gasteiger partial charge >= 0.3 is 0 Å². The lowest BCUT2D eigenvalue weighted by Gasteiger charge is -2.16. The van der Waals surface area contributed by atoms with Crippen LogP contribution in [0.3, 0.4) is 0 Å². The number of carbonyl (C=O) groups is 2.